The summed E-state index contributed by atoms with van der Waals surface area (Å²) in [6, 6.07) is 10.6. The van der Waals surface area contributed by atoms with Gasteiger partial charge in [-0.15, -0.1) is 0 Å². The molecule has 22 heavy (non-hydrogen) atoms. The van der Waals surface area contributed by atoms with E-state index < -0.39 is 10.9 Å². The van der Waals surface area contributed by atoms with Gasteiger partial charge in [0.25, 0.3) is 10.9 Å². The third-order valence-corrected chi connectivity index (χ3v) is 3.78. The third-order valence-electron chi connectivity index (χ3n) is 2.86. The van der Waals surface area contributed by atoms with Crippen molar-refractivity contribution >= 4 is 34.5 Å². The van der Waals surface area contributed by atoms with Crippen LogP contribution in [0.15, 0.2) is 57.0 Å². The van der Waals surface area contributed by atoms with Gasteiger partial charge in [-0.1, -0.05) is 18.2 Å². The summed E-state index contributed by atoms with van der Waals surface area (Å²) in [6.45, 7) is 0. The van der Waals surface area contributed by atoms with Gasteiger partial charge in [-0.25, -0.2) is 4.98 Å². The summed E-state index contributed by atoms with van der Waals surface area (Å²) >= 11 is 0.956. The van der Waals surface area contributed by atoms with Crippen molar-refractivity contribution in [3.8, 4) is 0 Å². The maximum atomic E-state index is 11.1. The first-order valence-electron chi connectivity index (χ1n) is 6.08. The summed E-state index contributed by atoms with van der Waals surface area (Å²) in [7, 11) is 0. The van der Waals surface area contributed by atoms with Crippen LogP contribution in [0.2, 0.25) is 0 Å². The fraction of sp³-hybridized carbons (Fsp3) is 0. The molecule has 0 aliphatic rings. The molecule has 3 aromatic rings. The zero-order valence-corrected chi connectivity index (χ0v) is 11.7. The Kier molecular flexibility index (Phi) is 3.51. The summed E-state index contributed by atoms with van der Waals surface area (Å²) in [5.41, 5.74) is 0.612. The standard InChI is InChI=1S/C14H8N2O5S/c17-13(18)8-5-6-12(10(7-8)16(19)20)22-14-15-9-3-1-2-4-11(9)21-14/h1-7H,(H,17,18)/p-1. The summed E-state index contributed by atoms with van der Waals surface area (Å²) in [5, 5.41) is 22.1. The van der Waals surface area contributed by atoms with E-state index in [1.807, 2.05) is 0 Å². The molecule has 0 spiro atoms. The largest absolute Gasteiger partial charge is 0.545 e. The predicted octanol–water partition coefficient (Wildman–Crippen LogP) is 2.25. The molecule has 0 unspecified atom stereocenters. The molecule has 0 radical (unpaired) electrons. The second kappa shape index (κ2) is 5.49. The van der Waals surface area contributed by atoms with Crippen LogP contribution in [-0.4, -0.2) is 15.9 Å². The lowest BCUT2D eigenvalue weighted by Crippen LogP contribution is -2.22. The fourth-order valence-electron chi connectivity index (χ4n) is 1.86. The smallest absolute Gasteiger partial charge is 0.284 e. The van der Waals surface area contributed by atoms with E-state index in [2.05, 4.69) is 4.98 Å². The second-order valence-corrected chi connectivity index (χ2v) is 5.27. The highest BCUT2D eigenvalue weighted by Crippen LogP contribution is 2.36. The van der Waals surface area contributed by atoms with Crippen LogP contribution in [0, 0.1) is 10.1 Å². The Morgan fingerprint density at radius 3 is 2.68 bits per heavy atom. The van der Waals surface area contributed by atoms with Gasteiger partial charge in [-0.05, 0) is 30.0 Å². The van der Waals surface area contributed by atoms with Crippen LogP contribution >= 0.6 is 11.8 Å². The Bertz CT molecular complexity index is 857. The number of benzene rings is 2. The average Bonchev–Trinajstić information content (AvgIpc) is 2.89. The van der Waals surface area contributed by atoms with E-state index in [4.69, 9.17) is 4.42 Å². The summed E-state index contributed by atoms with van der Waals surface area (Å²) in [6.07, 6.45) is 0. The molecule has 0 N–H and O–H groups in total. The number of carbonyl (C=O) groups excluding carboxylic acids is 1. The van der Waals surface area contributed by atoms with E-state index >= 15 is 0 Å². The van der Waals surface area contributed by atoms with Crippen LogP contribution in [0.25, 0.3) is 11.1 Å². The Hall–Kier alpha value is -2.87. The first-order valence-corrected chi connectivity index (χ1v) is 6.89. The molecule has 0 aliphatic carbocycles. The first kappa shape index (κ1) is 14.1. The topological polar surface area (TPSA) is 109 Å². The maximum absolute atomic E-state index is 11.1. The van der Waals surface area contributed by atoms with Gasteiger partial charge in [-0.2, -0.15) is 0 Å². The van der Waals surface area contributed by atoms with Crippen molar-refractivity contribution in [3.63, 3.8) is 0 Å². The molecule has 110 valence electrons. The molecule has 0 saturated carbocycles. The minimum absolute atomic E-state index is 0.238. The van der Waals surface area contributed by atoms with Crippen LogP contribution in [-0.2, 0) is 0 Å². The van der Waals surface area contributed by atoms with Gasteiger partial charge >= 0.3 is 0 Å². The number of para-hydroxylation sites is 2. The van der Waals surface area contributed by atoms with E-state index in [9.17, 15) is 20.0 Å². The molecule has 0 amide bonds. The van der Waals surface area contributed by atoms with Crippen molar-refractivity contribution in [3.05, 3.63) is 58.1 Å². The molecule has 2 aromatic carbocycles. The molecule has 3 rings (SSSR count). The van der Waals surface area contributed by atoms with E-state index in [-0.39, 0.29) is 21.4 Å². The summed E-state index contributed by atoms with van der Waals surface area (Å²) in [5.74, 6) is -1.47. The highest BCUT2D eigenvalue weighted by Gasteiger charge is 2.18. The fourth-order valence-corrected chi connectivity index (χ4v) is 2.70. The number of fused-ring (bicyclic) bond motifs is 1. The van der Waals surface area contributed by atoms with Crippen molar-refractivity contribution in [1.82, 2.24) is 4.98 Å². The Labute approximate surface area is 127 Å². The van der Waals surface area contributed by atoms with E-state index in [1.54, 1.807) is 24.3 Å². The number of rotatable bonds is 4. The van der Waals surface area contributed by atoms with Crippen LogP contribution < -0.4 is 5.11 Å². The lowest BCUT2D eigenvalue weighted by Gasteiger charge is -2.04. The normalized spacial score (nSPS) is 10.7. The predicted molar refractivity (Wildman–Crippen MR) is 75.6 cm³/mol. The molecule has 1 heterocycles. The molecule has 1 aromatic heterocycles. The van der Waals surface area contributed by atoms with E-state index in [0.29, 0.717) is 11.1 Å². The molecule has 0 saturated heterocycles. The molecule has 7 nitrogen and oxygen atoms in total. The van der Waals surface area contributed by atoms with Crippen molar-refractivity contribution in [2.45, 2.75) is 10.1 Å². The number of carboxylic acids is 1. The second-order valence-electron chi connectivity index (χ2n) is 4.28. The highest BCUT2D eigenvalue weighted by atomic mass is 32.2. The number of nitro groups is 1. The lowest BCUT2D eigenvalue weighted by atomic mass is 10.2. The zero-order valence-electron chi connectivity index (χ0n) is 10.9. The molecular weight excluding hydrogens is 308 g/mol. The number of carbonyl (C=O) groups is 1. The van der Waals surface area contributed by atoms with Crippen LogP contribution in [0.5, 0.6) is 0 Å². The lowest BCUT2D eigenvalue weighted by molar-refractivity contribution is -0.387. The summed E-state index contributed by atoms with van der Waals surface area (Å²) < 4.78 is 5.48. The van der Waals surface area contributed by atoms with Gasteiger partial charge in [-0.3, -0.25) is 10.1 Å². The Morgan fingerprint density at radius 1 is 1.23 bits per heavy atom. The molecule has 0 bridgehead atoms. The maximum Gasteiger partial charge on any atom is 0.284 e. The highest BCUT2D eigenvalue weighted by molar-refractivity contribution is 7.99. The van der Waals surface area contributed by atoms with Crippen molar-refractivity contribution in [1.29, 1.82) is 0 Å². The quantitative estimate of drug-likeness (QED) is 0.536. The van der Waals surface area contributed by atoms with Gasteiger partial charge in [0, 0.05) is 11.6 Å². The van der Waals surface area contributed by atoms with Gasteiger partial charge in [0.1, 0.15) is 5.52 Å². The number of nitro benzene ring substituents is 1. The average molecular weight is 315 g/mol. The van der Waals surface area contributed by atoms with Crippen LogP contribution in [0.3, 0.4) is 0 Å². The minimum Gasteiger partial charge on any atom is -0.545 e. The Morgan fingerprint density at radius 2 is 2.00 bits per heavy atom. The van der Waals surface area contributed by atoms with Crippen molar-refractivity contribution < 1.29 is 19.2 Å². The zero-order chi connectivity index (χ0) is 15.7. The van der Waals surface area contributed by atoms with E-state index in [1.165, 1.54) is 12.1 Å². The van der Waals surface area contributed by atoms with Crippen LogP contribution in [0.1, 0.15) is 10.4 Å². The number of nitrogens with zero attached hydrogens (tertiary/aromatic N) is 2. The molecule has 0 atom stereocenters. The number of oxazole rings is 1. The molecule has 0 fully saturated rings. The minimum atomic E-state index is -1.47. The van der Waals surface area contributed by atoms with Crippen LogP contribution in [0.4, 0.5) is 5.69 Å². The van der Waals surface area contributed by atoms with Crippen molar-refractivity contribution in [2.24, 2.45) is 0 Å². The number of hydrogen-bond acceptors (Lipinski definition) is 7. The van der Waals surface area contributed by atoms with Gasteiger partial charge in [0.05, 0.1) is 15.8 Å². The summed E-state index contributed by atoms with van der Waals surface area (Å²) in [4.78, 5) is 25.7. The number of carboxylic acid groups (broad SMARTS) is 1. The van der Waals surface area contributed by atoms with Gasteiger partial charge in [0.2, 0.25) is 0 Å². The third kappa shape index (κ3) is 2.63. The number of aromatic nitrogens is 1. The monoisotopic (exact) mass is 315 g/mol. The van der Waals surface area contributed by atoms with Crippen molar-refractivity contribution in [2.75, 3.05) is 0 Å². The number of hydrogen-bond donors (Lipinski definition) is 0. The molecular formula is C14H7N2O5S-. The van der Waals surface area contributed by atoms with E-state index in [0.717, 1.165) is 17.8 Å². The number of aromatic carboxylic acids is 1. The van der Waals surface area contributed by atoms with Gasteiger partial charge in [0.15, 0.2) is 5.58 Å². The SMILES string of the molecule is O=C([O-])c1ccc(Sc2nc3ccccc3o2)c([N+](=O)[O-])c1. The Balaban J connectivity index is 2.00. The van der Waals surface area contributed by atoms with Gasteiger partial charge < -0.3 is 14.3 Å². The first-order chi connectivity index (χ1) is 10.5. The molecule has 0 aliphatic heterocycles. The molecule has 8 heteroatoms.